The number of benzene rings is 3. The minimum atomic E-state index is -3.68. The van der Waals surface area contributed by atoms with Crippen molar-refractivity contribution in [1.29, 1.82) is 0 Å². The van der Waals surface area contributed by atoms with Gasteiger partial charge in [-0.1, -0.05) is 30.3 Å². The molecule has 1 heterocycles. The van der Waals surface area contributed by atoms with Gasteiger partial charge >= 0.3 is 5.97 Å². The van der Waals surface area contributed by atoms with E-state index in [-0.39, 0.29) is 48.3 Å². The Morgan fingerprint density at radius 3 is 2.22 bits per heavy atom. The Bertz CT molecular complexity index is 1250. The Balaban J connectivity index is 1.34. The van der Waals surface area contributed by atoms with E-state index in [1.807, 2.05) is 24.3 Å². The van der Waals surface area contributed by atoms with E-state index >= 15 is 0 Å². The molecule has 0 aliphatic carbocycles. The highest BCUT2D eigenvalue weighted by Gasteiger charge is 2.30. The molecule has 1 amide bonds. The molecule has 1 fully saturated rings. The molecule has 1 N–H and O–H groups in total. The van der Waals surface area contributed by atoms with Crippen LogP contribution in [0.25, 0.3) is 10.8 Å². The van der Waals surface area contributed by atoms with Crippen molar-refractivity contribution in [2.75, 3.05) is 32.8 Å². The van der Waals surface area contributed by atoms with Crippen LogP contribution >= 0.6 is 0 Å². The third-order valence-corrected chi connectivity index (χ3v) is 7.27. The summed E-state index contributed by atoms with van der Waals surface area (Å²) < 4.78 is 32.5. The molecule has 1 aliphatic heterocycles. The van der Waals surface area contributed by atoms with Gasteiger partial charge in [-0.15, -0.1) is 0 Å². The van der Waals surface area contributed by atoms with Crippen LogP contribution in [0.1, 0.15) is 10.4 Å². The number of piperazine rings is 1. The topological polar surface area (TPSA) is 104 Å². The van der Waals surface area contributed by atoms with Gasteiger partial charge in [0, 0.05) is 26.2 Å². The first-order valence-corrected chi connectivity index (χ1v) is 11.5. The number of fused-ring (bicyclic) bond motifs is 1. The van der Waals surface area contributed by atoms with Crippen LogP contribution in [0, 0.1) is 0 Å². The molecule has 8 nitrogen and oxygen atoms in total. The summed E-state index contributed by atoms with van der Waals surface area (Å²) in [5.74, 6) is -1.04. The van der Waals surface area contributed by atoms with Gasteiger partial charge in [0.25, 0.3) is 5.91 Å². The van der Waals surface area contributed by atoms with E-state index in [0.29, 0.717) is 0 Å². The van der Waals surface area contributed by atoms with Crippen LogP contribution in [-0.4, -0.2) is 67.4 Å². The van der Waals surface area contributed by atoms with Gasteiger partial charge in [-0.3, -0.25) is 4.79 Å². The maximum atomic E-state index is 13.0. The molecule has 0 unspecified atom stereocenters. The van der Waals surface area contributed by atoms with Crippen LogP contribution in [0.2, 0.25) is 0 Å². The minimum Gasteiger partial charge on any atom is -0.508 e. The van der Waals surface area contributed by atoms with E-state index in [0.717, 1.165) is 10.8 Å². The molecular formula is C23H22N2O6S. The van der Waals surface area contributed by atoms with Crippen molar-refractivity contribution in [2.45, 2.75) is 4.90 Å². The van der Waals surface area contributed by atoms with Gasteiger partial charge in [0.1, 0.15) is 5.75 Å². The van der Waals surface area contributed by atoms with Crippen molar-refractivity contribution in [2.24, 2.45) is 0 Å². The molecule has 3 aromatic carbocycles. The predicted molar refractivity (Wildman–Crippen MR) is 118 cm³/mol. The van der Waals surface area contributed by atoms with Gasteiger partial charge in [0.2, 0.25) is 10.0 Å². The molecule has 1 saturated heterocycles. The lowest BCUT2D eigenvalue weighted by atomic mass is 10.1. The molecule has 0 radical (unpaired) electrons. The SMILES string of the molecule is O=C(OCC(=O)N1CCN(S(=O)(=O)c2ccc3ccccc3c2)CC1)c1ccc(O)cc1. The van der Waals surface area contributed by atoms with Crippen LogP contribution in [-0.2, 0) is 19.6 Å². The molecule has 9 heteroatoms. The van der Waals surface area contributed by atoms with Gasteiger partial charge in [-0.2, -0.15) is 4.31 Å². The first-order chi connectivity index (χ1) is 15.3. The monoisotopic (exact) mass is 454 g/mol. The standard InChI is InChI=1S/C23H22N2O6S/c26-20-8-5-18(6-9-20)23(28)31-16-22(27)24-11-13-25(14-12-24)32(29,30)21-10-7-17-3-1-2-4-19(17)15-21/h1-10,15,26H,11-14,16H2. The number of rotatable bonds is 5. The Morgan fingerprint density at radius 1 is 0.875 bits per heavy atom. The third-order valence-electron chi connectivity index (χ3n) is 5.38. The van der Waals surface area contributed by atoms with E-state index in [9.17, 15) is 23.1 Å². The average Bonchev–Trinajstić information content (AvgIpc) is 2.82. The number of phenolic OH excluding ortho intramolecular Hbond substituents is 1. The van der Waals surface area contributed by atoms with E-state index in [1.54, 1.807) is 18.2 Å². The number of amides is 1. The van der Waals surface area contributed by atoms with Gasteiger partial charge in [0.05, 0.1) is 10.5 Å². The number of hydrogen-bond acceptors (Lipinski definition) is 6. The highest BCUT2D eigenvalue weighted by Crippen LogP contribution is 2.23. The number of carbonyl (C=O) groups is 2. The minimum absolute atomic E-state index is 0.0224. The van der Waals surface area contributed by atoms with Crippen LogP contribution in [0.5, 0.6) is 5.75 Å². The summed E-state index contributed by atoms with van der Waals surface area (Å²) in [6.45, 7) is 0.307. The largest absolute Gasteiger partial charge is 0.508 e. The zero-order valence-electron chi connectivity index (χ0n) is 17.2. The normalized spacial score (nSPS) is 14.9. The Hall–Kier alpha value is -3.43. The summed E-state index contributed by atoms with van der Waals surface area (Å²) in [5, 5.41) is 11.1. The molecule has 0 bridgehead atoms. The molecule has 0 spiro atoms. The fourth-order valence-corrected chi connectivity index (χ4v) is 5.01. The number of phenols is 1. The highest BCUT2D eigenvalue weighted by molar-refractivity contribution is 7.89. The maximum absolute atomic E-state index is 13.0. The Kier molecular flexibility index (Phi) is 6.11. The van der Waals surface area contributed by atoms with Crippen LogP contribution < -0.4 is 0 Å². The summed E-state index contributed by atoms with van der Waals surface area (Å²) >= 11 is 0. The Morgan fingerprint density at radius 2 is 1.53 bits per heavy atom. The second-order valence-corrected chi connectivity index (χ2v) is 9.35. The quantitative estimate of drug-likeness (QED) is 0.593. The lowest BCUT2D eigenvalue weighted by molar-refractivity contribution is -0.135. The summed E-state index contributed by atoms with van der Waals surface area (Å²) in [6, 6.07) is 18.1. The molecule has 3 aromatic rings. The summed E-state index contributed by atoms with van der Waals surface area (Å²) in [6.07, 6.45) is 0. The van der Waals surface area contributed by atoms with E-state index < -0.39 is 22.6 Å². The van der Waals surface area contributed by atoms with Crippen molar-refractivity contribution >= 4 is 32.7 Å². The number of aromatic hydroxyl groups is 1. The fourth-order valence-electron chi connectivity index (χ4n) is 3.55. The second-order valence-electron chi connectivity index (χ2n) is 7.42. The van der Waals surface area contributed by atoms with Crippen LogP contribution in [0.4, 0.5) is 0 Å². The summed E-state index contributed by atoms with van der Waals surface area (Å²) in [4.78, 5) is 26.1. The molecule has 4 rings (SSSR count). The molecule has 32 heavy (non-hydrogen) atoms. The number of sulfonamides is 1. The van der Waals surface area contributed by atoms with E-state index in [1.165, 1.54) is 33.5 Å². The van der Waals surface area contributed by atoms with Gasteiger partial charge in [0.15, 0.2) is 6.61 Å². The first kappa shape index (κ1) is 21.8. The van der Waals surface area contributed by atoms with Crippen LogP contribution in [0.3, 0.4) is 0 Å². The van der Waals surface area contributed by atoms with Gasteiger partial charge in [-0.05, 0) is 47.2 Å². The molecule has 166 valence electrons. The van der Waals surface area contributed by atoms with Crippen molar-refractivity contribution in [3.8, 4) is 5.75 Å². The molecule has 0 aromatic heterocycles. The van der Waals surface area contributed by atoms with E-state index in [2.05, 4.69) is 0 Å². The maximum Gasteiger partial charge on any atom is 0.338 e. The molecule has 0 atom stereocenters. The number of hydrogen-bond donors (Lipinski definition) is 1. The van der Waals surface area contributed by atoms with Gasteiger partial charge in [-0.25, -0.2) is 13.2 Å². The zero-order chi connectivity index (χ0) is 22.7. The predicted octanol–water partition coefficient (Wildman–Crippen LogP) is 2.24. The number of esters is 1. The molecular weight excluding hydrogens is 432 g/mol. The van der Waals surface area contributed by atoms with Crippen molar-refractivity contribution in [3.05, 3.63) is 72.3 Å². The van der Waals surface area contributed by atoms with E-state index in [4.69, 9.17) is 4.74 Å². The smallest absolute Gasteiger partial charge is 0.338 e. The van der Waals surface area contributed by atoms with Gasteiger partial charge < -0.3 is 14.7 Å². The number of ether oxygens (including phenoxy) is 1. The first-order valence-electron chi connectivity index (χ1n) is 10.1. The Labute approximate surface area is 185 Å². The molecule has 1 aliphatic rings. The van der Waals surface area contributed by atoms with Crippen molar-refractivity contribution in [3.63, 3.8) is 0 Å². The highest BCUT2D eigenvalue weighted by atomic mass is 32.2. The average molecular weight is 455 g/mol. The number of carbonyl (C=O) groups excluding carboxylic acids is 2. The number of nitrogens with zero attached hydrogens (tertiary/aromatic N) is 2. The lowest BCUT2D eigenvalue weighted by Crippen LogP contribution is -2.51. The zero-order valence-corrected chi connectivity index (χ0v) is 18.0. The fraction of sp³-hybridized carbons (Fsp3) is 0.217. The lowest BCUT2D eigenvalue weighted by Gasteiger charge is -2.33. The summed E-state index contributed by atoms with van der Waals surface area (Å²) in [7, 11) is -3.68. The second kappa shape index (κ2) is 8.97. The van der Waals surface area contributed by atoms with Crippen molar-refractivity contribution in [1.82, 2.24) is 9.21 Å². The molecule has 0 saturated carbocycles. The summed E-state index contributed by atoms with van der Waals surface area (Å²) in [5.41, 5.74) is 0.224. The third kappa shape index (κ3) is 4.58. The van der Waals surface area contributed by atoms with Crippen molar-refractivity contribution < 1.29 is 27.9 Å². The van der Waals surface area contributed by atoms with Crippen LogP contribution in [0.15, 0.2) is 71.6 Å².